The van der Waals surface area contributed by atoms with E-state index in [0.717, 1.165) is 14.2 Å². The van der Waals surface area contributed by atoms with Crippen LogP contribution in [0.4, 0.5) is 4.79 Å². The first-order valence-corrected chi connectivity index (χ1v) is 4.53. The Bertz CT molecular complexity index is 178. The Hall–Kier alpha value is -0.380. The van der Waals surface area contributed by atoms with Gasteiger partial charge in [0.25, 0.3) is 0 Å². The van der Waals surface area contributed by atoms with Crippen LogP contribution in [-0.2, 0) is 18.3 Å². The smallest absolute Gasteiger partial charge is 0.438 e. The second-order valence-electron chi connectivity index (χ2n) is 1.57. The van der Waals surface area contributed by atoms with Crippen LogP contribution in [0.5, 0.6) is 0 Å². The average Bonchev–Trinajstić information content (AvgIpc) is 2.03. The van der Waals surface area contributed by atoms with Crippen LogP contribution in [0.25, 0.3) is 0 Å². The normalized spacial score (nSPS) is 15.5. The maximum absolute atomic E-state index is 11.2. The minimum absolute atomic E-state index is 0.139. The van der Waals surface area contributed by atoms with Crippen LogP contribution in [0.15, 0.2) is 0 Å². The monoisotopic (exact) mass is 182 g/mol. The fourth-order valence-corrected chi connectivity index (χ4v) is 1.39. The molecule has 0 saturated carbocycles. The summed E-state index contributed by atoms with van der Waals surface area (Å²) >= 11 is 0. The molecule has 0 saturated heterocycles. The Kier molecular flexibility index (Phi) is 4.33. The molecule has 1 unspecified atom stereocenters. The number of ether oxygens (including phenoxy) is 1. The van der Waals surface area contributed by atoms with Gasteiger partial charge in [-0.05, 0) is 6.92 Å². The van der Waals surface area contributed by atoms with Crippen molar-refractivity contribution in [3.63, 3.8) is 0 Å². The Balaban J connectivity index is 4.33. The maximum atomic E-state index is 11.2. The molecule has 66 valence electrons. The van der Waals surface area contributed by atoms with Crippen LogP contribution in [0.1, 0.15) is 6.92 Å². The van der Waals surface area contributed by atoms with Crippen molar-refractivity contribution in [1.82, 2.24) is 0 Å². The van der Waals surface area contributed by atoms with Gasteiger partial charge in [-0.2, -0.15) is 0 Å². The number of hydrogen-bond acceptors (Lipinski definition) is 5. The molecule has 0 aliphatic rings. The van der Waals surface area contributed by atoms with Crippen LogP contribution < -0.4 is 0 Å². The summed E-state index contributed by atoms with van der Waals surface area (Å²) in [5.74, 6) is 0. The van der Waals surface area contributed by atoms with Gasteiger partial charge in [-0.15, -0.1) is 0 Å². The molecule has 0 rings (SSSR count). The minimum atomic E-state index is -3.65. The summed E-state index contributed by atoms with van der Waals surface area (Å²) in [4.78, 5) is 10.7. The van der Waals surface area contributed by atoms with Crippen molar-refractivity contribution in [2.75, 3.05) is 20.8 Å². The lowest BCUT2D eigenvalue weighted by atomic mass is 10.9. The Morgan fingerprint density at radius 2 is 2.00 bits per heavy atom. The average molecular weight is 182 g/mol. The van der Waals surface area contributed by atoms with E-state index >= 15 is 0 Å². The molecule has 0 heterocycles. The van der Waals surface area contributed by atoms with Gasteiger partial charge in [0.15, 0.2) is 0 Å². The molecule has 6 heteroatoms. The molecular formula is C5H11O5P. The van der Waals surface area contributed by atoms with E-state index in [2.05, 4.69) is 13.8 Å². The van der Waals surface area contributed by atoms with Gasteiger partial charge in [0, 0.05) is 7.11 Å². The summed E-state index contributed by atoms with van der Waals surface area (Å²) in [6.45, 7) is 1.74. The summed E-state index contributed by atoms with van der Waals surface area (Å²) in [5, 5.41) is 0. The number of hydrogen-bond donors (Lipinski definition) is 0. The second-order valence-corrected chi connectivity index (χ2v) is 3.55. The summed E-state index contributed by atoms with van der Waals surface area (Å²) in [6, 6.07) is 0. The second kappa shape index (κ2) is 4.49. The molecule has 0 aromatic rings. The van der Waals surface area contributed by atoms with Crippen molar-refractivity contribution in [2.24, 2.45) is 0 Å². The summed E-state index contributed by atoms with van der Waals surface area (Å²) in [7, 11) is -1.40. The molecule has 0 aromatic heterocycles. The fourth-order valence-electron chi connectivity index (χ4n) is 0.462. The van der Waals surface area contributed by atoms with Crippen LogP contribution >= 0.6 is 7.60 Å². The molecule has 0 bridgehead atoms. The van der Waals surface area contributed by atoms with E-state index in [1.54, 1.807) is 6.92 Å². The zero-order valence-electron chi connectivity index (χ0n) is 6.70. The van der Waals surface area contributed by atoms with Gasteiger partial charge in [0.2, 0.25) is 0 Å². The lowest BCUT2D eigenvalue weighted by molar-refractivity contribution is 0.173. The number of carbonyl (C=O) groups excluding carboxylic acids is 1. The Labute approximate surface area is 65.2 Å². The largest absolute Gasteiger partial charge is 0.460 e. The van der Waals surface area contributed by atoms with Crippen LogP contribution in [-0.4, -0.2) is 26.5 Å². The Morgan fingerprint density at radius 1 is 1.45 bits per heavy atom. The number of carbonyl (C=O) groups is 1. The molecule has 0 amide bonds. The van der Waals surface area contributed by atoms with Crippen molar-refractivity contribution in [2.45, 2.75) is 6.92 Å². The quantitative estimate of drug-likeness (QED) is 0.618. The molecule has 0 fully saturated rings. The van der Waals surface area contributed by atoms with Crippen LogP contribution in [0.3, 0.4) is 0 Å². The number of methoxy groups -OCH3 is 1. The van der Waals surface area contributed by atoms with E-state index in [1.807, 2.05) is 0 Å². The van der Waals surface area contributed by atoms with E-state index in [1.165, 1.54) is 0 Å². The van der Waals surface area contributed by atoms with Crippen molar-refractivity contribution in [1.29, 1.82) is 0 Å². The topological polar surface area (TPSA) is 61.8 Å². The minimum Gasteiger partial charge on any atom is -0.460 e. The molecule has 5 nitrogen and oxygen atoms in total. The van der Waals surface area contributed by atoms with E-state index in [-0.39, 0.29) is 6.61 Å². The highest BCUT2D eigenvalue weighted by Crippen LogP contribution is 2.48. The van der Waals surface area contributed by atoms with Gasteiger partial charge in [0.1, 0.15) is 0 Å². The lowest BCUT2D eigenvalue weighted by Crippen LogP contribution is -2.04. The molecule has 0 radical (unpaired) electrons. The predicted molar refractivity (Wildman–Crippen MR) is 38.6 cm³/mol. The van der Waals surface area contributed by atoms with Crippen molar-refractivity contribution >= 4 is 13.3 Å². The van der Waals surface area contributed by atoms with Gasteiger partial charge in [-0.1, -0.05) is 0 Å². The first-order valence-electron chi connectivity index (χ1n) is 2.99. The molecule has 0 spiro atoms. The molecule has 0 aliphatic carbocycles. The molecule has 0 N–H and O–H groups in total. The third-order valence-corrected chi connectivity index (χ3v) is 2.65. The van der Waals surface area contributed by atoms with Crippen molar-refractivity contribution < 1.29 is 23.1 Å². The maximum Gasteiger partial charge on any atom is 0.438 e. The summed E-state index contributed by atoms with van der Waals surface area (Å²) in [6.07, 6.45) is 0. The van der Waals surface area contributed by atoms with Crippen LogP contribution in [0.2, 0.25) is 0 Å². The van der Waals surface area contributed by atoms with Gasteiger partial charge >= 0.3 is 13.3 Å². The molecule has 11 heavy (non-hydrogen) atoms. The first-order chi connectivity index (χ1) is 5.10. The standard InChI is InChI=1S/C5H11O5P/c1-4-10-11(7,9-3)5(6)8-2/h4H2,1-3H3. The summed E-state index contributed by atoms with van der Waals surface area (Å²) in [5.41, 5.74) is -0.971. The predicted octanol–water partition coefficient (Wildman–Crippen LogP) is 1.63. The third-order valence-electron chi connectivity index (χ3n) is 0.938. The lowest BCUT2D eigenvalue weighted by Gasteiger charge is -2.11. The highest BCUT2D eigenvalue weighted by atomic mass is 31.2. The van der Waals surface area contributed by atoms with Gasteiger partial charge < -0.3 is 13.8 Å². The van der Waals surface area contributed by atoms with Crippen molar-refractivity contribution in [3.8, 4) is 0 Å². The third kappa shape index (κ3) is 2.61. The van der Waals surface area contributed by atoms with Gasteiger partial charge in [-0.25, -0.2) is 9.36 Å². The molecule has 0 aromatic carbocycles. The molecular weight excluding hydrogens is 171 g/mol. The SMILES string of the molecule is CCOP(=O)(OC)C(=O)OC. The van der Waals surface area contributed by atoms with E-state index < -0.39 is 13.3 Å². The van der Waals surface area contributed by atoms with Crippen LogP contribution in [0, 0.1) is 0 Å². The highest BCUT2D eigenvalue weighted by molar-refractivity contribution is 7.71. The van der Waals surface area contributed by atoms with Gasteiger partial charge in [0.05, 0.1) is 13.7 Å². The molecule has 0 aliphatic heterocycles. The fraction of sp³-hybridized carbons (Fsp3) is 0.800. The van der Waals surface area contributed by atoms with Gasteiger partial charge in [-0.3, -0.25) is 0 Å². The zero-order valence-corrected chi connectivity index (χ0v) is 7.59. The Morgan fingerprint density at radius 3 is 2.27 bits per heavy atom. The van der Waals surface area contributed by atoms with E-state index in [0.29, 0.717) is 0 Å². The van der Waals surface area contributed by atoms with Crippen molar-refractivity contribution in [3.05, 3.63) is 0 Å². The molecule has 1 atom stereocenters. The zero-order chi connectivity index (χ0) is 8.91. The first kappa shape index (κ1) is 10.6. The highest BCUT2D eigenvalue weighted by Gasteiger charge is 2.34. The van der Waals surface area contributed by atoms with E-state index in [4.69, 9.17) is 0 Å². The van der Waals surface area contributed by atoms with E-state index in [9.17, 15) is 9.36 Å². The number of rotatable bonds is 4. The summed E-state index contributed by atoms with van der Waals surface area (Å²) < 4.78 is 24.4.